The average Bonchev–Trinajstić information content (AvgIpc) is 3.23. The number of aromatic amines is 1. The Kier molecular flexibility index (Phi) is 4.60. The van der Waals surface area contributed by atoms with Crippen LogP contribution in [-0.4, -0.2) is 69.1 Å². The molecule has 10 heteroatoms. The van der Waals surface area contributed by atoms with Crippen LogP contribution in [0.1, 0.15) is 24.3 Å². The summed E-state index contributed by atoms with van der Waals surface area (Å²) in [5, 5.41) is 10.7. The predicted molar refractivity (Wildman–Crippen MR) is 102 cm³/mol. The minimum absolute atomic E-state index is 0.181. The molecule has 1 amide bonds. The lowest BCUT2D eigenvalue weighted by Crippen LogP contribution is -2.59. The van der Waals surface area contributed by atoms with Crippen molar-refractivity contribution in [3.8, 4) is 0 Å². The van der Waals surface area contributed by atoms with Crippen molar-refractivity contribution in [2.24, 2.45) is 0 Å². The van der Waals surface area contributed by atoms with Crippen LogP contribution >= 0.6 is 0 Å². The number of rotatable bonds is 3. The molecule has 146 valence electrons. The van der Waals surface area contributed by atoms with Crippen LogP contribution in [0.2, 0.25) is 0 Å². The highest BCUT2D eigenvalue weighted by Gasteiger charge is 2.40. The fraction of sp³-hybridized carbons (Fsp3) is 0.333. The van der Waals surface area contributed by atoms with Gasteiger partial charge in [0.15, 0.2) is 5.69 Å². The monoisotopic (exact) mass is 400 g/mol. The molecule has 0 spiro atoms. The molecule has 28 heavy (non-hydrogen) atoms. The zero-order valence-corrected chi connectivity index (χ0v) is 16.3. The number of para-hydroxylation sites is 1. The topological polar surface area (TPSA) is 112 Å². The van der Waals surface area contributed by atoms with Gasteiger partial charge in [0.25, 0.3) is 5.91 Å². The van der Waals surface area contributed by atoms with E-state index in [1.807, 2.05) is 19.1 Å². The van der Waals surface area contributed by atoms with Gasteiger partial charge >= 0.3 is 0 Å². The molecule has 4 rings (SSSR count). The van der Waals surface area contributed by atoms with E-state index < -0.39 is 16.1 Å². The molecule has 1 fully saturated rings. The lowest BCUT2D eigenvalue weighted by molar-refractivity contribution is 0.0501. The minimum atomic E-state index is -3.77. The average molecular weight is 400 g/mol. The second-order valence-electron chi connectivity index (χ2n) is 6.92. The summed E-state index contributed by atoms with van der Waals surface area (Å²) >= 11 is 0. The van der Waals surface area contributed by atoms with E-state index in [1.165, 1.54) is 10.5 Å². The van der Waals surface area contributed by atoms with Crippen LogP contribution in [0, 0.1) is 0 Å². The molecule has 3 aromatic rings. The van der Waals surface area contributed by atoms with E-state index in [4.69, 9.17) is 0 Å². The third kappa shape index (κ3) is 3.04. The summed E-state index contributed by atoms with van der Waals surface area (Å²) in [6, 6.07) is 8.04. The zero-order valence-electron chi connectivity index (χ0n) is 15.5. The molecule has 0 bridgehead atoms. The first-order chi connectivity index (χ1) is 13.4. The number of nitrogens with one attached hydrogen (secondary N) is 1. The van der Waals surface area contributed by atoms with E-state index in [9.17, 15) is 13.2 Å². The van der Waals surface area contributed by atoms with E-state index in [2.05, 4.69) is 20.4 Å². The van der Waals surface area contributed by atoms with Crippen LogP contribution < -0.4 is 0 Å². The van der Waals surface area contributed by atoms with Gasteiger partial charge in [0.05, 0.1) is 11.7 Å². The Morgan fingerprint density at radius 2 is 1.93 bits per heavy atom. The number of fused-ring (bicyclic) bond motifs is 1. The summed E-state index contributed by atoms with van der Waals surface area (Å²) in [6.45, 7) is 4.08. The van der Waals surface area contributed by atoms with E-state index in [1.54, 1.807) is 36.2 Å². The lowest BCUT2D eigenvalue weighted by atomic mass is 10.1. The molecule has 2 atom stereocenters. The van der Waals surface area contributed by atoms with Crippen LogP contribution in [0.15, 0.2) is 47.6 Å². The number of carbonyl (C=O) groups is 1. The van der Waals surface area contributed by atoms with Gasteiger partial charge in [-0.15, -0.1) is 0 Å². The van der Waals surface area contributed by atoms with Crippen LogP contribution in [0.25, 0.3) is 10.9 Å². The molecule has 1 aliphatic heterocycles. The van der Waals surface area contributed by atoms with Gasteiger partial charge in [-0.2, -0.15) is 19.7 Å². The van der Waals surface area contributed by atoms with E-state index in [0.717, 1.165) is 5.39 Å². The van der Waals surface area contributed by atoms with Gasteiger partial charge in [-0.05, 0) is 26.0 Å². The molecule has 0 unspecified atom stereocenters. The summed E-state index contributed by atoms with van der Waals surface area (Å²) in [7, 11) is -3.77. The molecule has 0 aliphatic carbocycles. The SMILES string of the molecule is C[C@@H]1CN(C(=O)c2cn[nH]n2)[C@@H](C)CN1S(=O)(=O)c1cccc2cccnc12. The lowest BCUT2D eigenvalue weighted by Gasteiger charge is -2.42. The number of benzene rings is 1. The molecule has 0 radical (unpaired) electrons. The second-order valence-corrected chi connectivity index (χ2v) is 8.78. The molecule has 1 aliphatic rings. The maximum atomic E-state index is 13.4. The second kappa shape index (κ2) is 6.95. The highest BCUT2D eigenvalue weighted by atomic mass is 32.2. The highest BCUT2D eigenvalue weighted by Crippen LogP contribution is 2.28. The summed E-state index contributed by atoms with van der Waals surface area (Å²) < 4.78 is 28.3. The molecule has 3 heterocycles. The van der Waals surface area contributed by atoms with Crippen molar-refractivity contribution < 1.29 is 13.2 Å². The van der Waals surface area contributed by atoms with Crippen molar-refractivity contribution in [1.29, 1.82) is 0 Å². The number of hydrogen-bond donors (Lipinski definition) is 1. The Morgan fingerprint density at radius 3 is 2.68 bits per heavy atom. The Bertz CT molecular complexity index is 1110. The molecule has 1 saturated heterocycles. The van der Waals surface area contributed by atoms with Crippen molar-refractivity contribution in [2.75, 3.05) is 13.1 Å². The number of nitrogens with zero attached hydrogens (tertiary/aromatic N) is 5. The number of amides is 1. The fourth-order valence-electron chi connectivity index (χ4n) is 3.58. The summed E-state index contributed by atoms with van der Waals surface area (Å²) in [4.78, 5) is 18.7. The first kappa shape index (κ1) is 18.5. The van der Waals surface area contributed by atoms with E-state index in [-0.39, 0.29) is 35.6 Å². The van der Waals surface area contributed by atoms with Gasteiger partial charge in [-0.25, -0.2) is 8.42 Å². The molecule has 1 N–H and O–H groups in total. The third-order valence-electron chi connectivity index (χ3n) is 5.01. The number of H-pyrrole nitrogens is 1. The summed E-state index contributed by atoms with van der Waals surface area (Å²) in [5.74, 6) is -0.267. The van der Waals surface area contributed by atoms with Gasteiger partial charge in [0.2, 0.25) is 10.0 Å². The maximum Gasteiger partial charge on any atom is 0.276 e. The number of sulfonamides is 1. The van der Waals surface area contributed by atoms with E-state index >= 15 is 0 Å². The Morgan fingerprint density at radius 1 is 1.14 bits per heavy atom. The van der Waals surface area contributed by atoms with Crippen LogP contribution in [0.5, 0.6) is 0 Å². The number of aromatic nitrogens is 4. The van der Waals surface area contributed by atoms with Crippen molar-refractivity contribution in [2.45, 2.75) is 30.8 Å². The van der Waals surface area contributed by atoms with Crippen molar-refractivity contribution >= 4 is 26.8 Å². The number of pyridine rings is 1. The van der Waals surface area contributed by atoms with E-state index in [0.29, 0.717) is 5.52 Å². The number of piperazine rings is 1. The first-order valence-corrected chi connectivity index (χ1v) is 10.4. The smallest absolute Gasteiger partial charge is 0.276 e. The molecular weight excluding hydrogens is 380 g/mol. The highest BCUT2D eigenvalue weighted by molar-refractivity contribution is 7.89. The van der Waals surface area contributed by atoms with Gasteiger partial charge in [0.1, 0.15) is 4.90 Å². The van der Waals surface area contributed by atoms with Crippen LogP contribution in [-0.2, 0) is 10.0 Å². The van der Waals surface area contributed by atoms with Gasteiger partial charge in [-0.1, -0.05) is 18.2 Å². The zero-order chi connectivity index (χ0) is 19.9. The fourth-order valence-corrected chi connectivity index (χ4v) is 5.45. The Labute approximate surface area is 162 Å². The van der Waals surface area contributed by atoms with Crippen molar-refractivity contribution in [3.63, 3.8) is 0 Å². The number of hydrogen-bond acceptors (Lipinski definition) is 6. The maximum absolute atomic E-state index is 13.4. The number of carbonyl (C=O) groups excluding carboxylic acids is 1. The molecule has 1 aromatic carbocycles. The molecule has 9 nitrogen and oxygen atoms in total. The Balaban J connectivity index is 1.65. The van der Waals surface area contributed by atoms with Crippen molar-refractivity contribution in [3.05, 3.63) is 48.4 Å². The first-order valence-electron chi connectivity index (χ1n) is 8.92. The summed E-state index contributed by atoms with van der Waals surface area (Å²) in [5.41, 5.74) is 0.666. The summed E-state index contributed by atoms with van der Waals surface area (Å²) in [6.07, 6.45) is 2.95. The van der Waals surface area contributed by atoms with Crippen molar-refractivity contribution in [1.82, 2.24) is 29.6 Å². The van der Waals surface area contributed by atoms with Gasteiger partial charge < -0.3 is 4.90 Å². The largest absolute Gasteiger partial charge is 0.332 e. The third-order valence-corrected chi connectivity index (χ3v) is 7.02. The molecule has 0 saturated carbocycles. The van der Waals surface area contributed by atoms with Gasteiger partial charge in [0, 0.05) is 36.8 Å². The normalized spacial score (nSPS) is 21.1. The van der Waals surface area contributed by atoms with Crippen LogP contribution in [0.3, 0.4) is 0 Å². The quantitative estimate of drug-likeness (QED) is 0.709. The molecule has 2 aromatic heterocycles. The standard InChI is InChI=1S/C18H20N6O3S/c1-12-11-24(13(2)10-23(12)18(25)15-9-20-22-21-15)28(26,27)16-7-3-5-14-6-4-8-19-17(14)16/h3-9,12-13H,10-11H2,1-2H3,(H,20,21,22)/t12-,13+/m0/s1. The molecular formula is C18H20N6O3S. The van der Waals surface area contributed by atoms with Crippen LogP contribution in [0.4, 0.5) is 0 Å². The Hall–Kier alpha value is -2.85. The van der Waals surface area contributed by atoms with Gasteiger partial charge in [-0.3, -0.25) is 9.78 Å². The predicted octanol–water partition coefficient (Wildman–Crippen LogP) is 1.28. The minimum Gasteiger partial charge on any atom is -0.332 e.